The summed E-state index contributed by atoms with van der Waals surface area (Å²) in [6.07, 6.45) is 5.82. The highest BCUT2D eigenvalue weighted by Crippen LogP contribution is 2.28. The van der Waals surface area contributed by atoms with Gasteiger partial charge in [-0.25, -0.2) is 0 Å². The minimum atomic E-state index is -0.696. The quantitative estimate of drug-likeness (QED) is 0.735. The van der Waals surface area contributed by atoms with Crippen LogP contribution in [0.25, 0.3) is 0 Å². The van der Waals surface area contributed by atoms with Gasteiger partial charge in [0.25, 0.3) is 0 Å². The van der Waals surface area contributed by atoms with Crippen LogP contribution in [0.15, 0.2) is 0 Å². The summed E-state index contributed by atoms with van der Waals surface area (Å²) in [5.41, 5.74) is -0.661. The van der Waals surface area contributed by atoms with Crippen molar-refractivity contribution in [2.24, 2.45) is 0 Å². The molecule has 2 aliphatic heterocycles. The van der Waals surface area contributed by atoms with Gasteiger partial charge in [-0.3, -0.25) is 4.79 Å². The topological polar surface area (TPSA) is 58.6 Å². The van der Waals surface area contributed by atoms with Gasteiger partial charge < -0.3 is 15.2 Å². The van der Waals surface area contributed by atoms with Crippen LogP contribution in [0.1, 0.15) is 38.5 Å². The number of hydrogen-bond donors (Lipinski definition) is 2. The van der Waals surface area contributed by atoms with E-state index in [1.165, 1.54) is 0 Å². The molecule has 86 valence electrons. The molecule has 2 unspecified atom stereocenters. The number of nitrogens with one attached hydrogen (secondary N) is 1. The minimum Gasteiger partial charge on any atom is -0.480 e. The van der Waals surface area contributed by atoms with Gasteiger partial charge in [-0.15, -0.1) is 0 Å². The van der Waals surface area contributed by atoms with Crippen molar-refractivity contribution in [2.75, 3.05) is 13.2 Å². The lowest BCUT2D eigenvalue weighted by molar-refractivity contribution is -0.144. The van der Waals surface area contributed by atoms with Gasteiger partial charge in [0.05, 0.1) is 6.10 Å². The van der Waals surface area contributed by atoms with Crippen molar-refractivity contribution < 1.29 is 14.6 Å². The van der Waals surface area contributed by atoms with Crippen molar-refractivity contribution in [1.82, 2.24) is 5.32 Å². The number of carboxylic acid groups (broad SMARTS) is 1. The zero-order chi connectivity index (χ0) is 10.7. The van der Waals surface area contributed by atoms with E-state index in [0.717, 1.165) is 45.3 Å². The first-order valence-electron chi connectivity index (χ1n) is 5.83. The molecule has 2 aliphatic rings. The Balaban J connectivity index is 1.86. The van der Waals surface area contributed by atoms with E-state index < -0.39 is 11.5 Å². The molecule has 0 aliphatic carbocycles. The number of rotatable bonds is 4. The summed E-state index contributed by atoms with van der Waals surface area (Å²) in [6, 6.07) is 0. The summed E-state index contributed by atoms with van der Waals surface area (Å²) < 4.78 is 5.52. The number of ether oxygens (including phenoxy) is 1. The Labute approximate surface area is 90.0 Å². The smallest absolute Gasteiger partial charge is 0.323 e. The van der Waals surface area contributed by atoms with Crippen molar-refractivity contribution in [1.29, 1.82) is 0 Å². The highest BCUT2D eigenvalue weighted by atomic mass is 16.5. The SMILES string of the molecule is O=C(O)C1(CCC2CCCO2)CCCN1. The summed E-state index contributed by atoms with van der Waals surface area (Å²) >= 11 is 0. The standard InChI is InChI=1S/C11H19NO3/c13-10(14)11(5-2-7-12-11)6-4-9-3-1-8-15-9/h9,12H,1-8H2,(H,13,14). The lowest BCUT2D eigenvalue weighted by Gasteiger charge is -2.25. The van der Waals surface area contributed by atoms with Crippen LogP contribution in [0.3, 0.4) is 0 Å². The minimum absolute atomic E-state index is 0.295. The summed E-state index contributed by atoms with van der Waals surface area (Å²) in [4.78, 5) is 11.2. The summed E-state index contributed by atoms with van der Waals surface area (Å²) in [5.74, 6) is -0.696. The first-order valence-corrected chi connectivity index (χ1v) is 5.83. The molecular weight excluding hydrogens is 194 g/mol. The highest BCUT2D eigenvalue weighted by Gasteiger charge is 2.41. The van der Waals surface area contributed by atoms with Crippen LogP contribution < -0.4 is 5.32 Å². The van der Waals surface area contributed by atoms with Crippen LogP contribution in [0.2, 0.25) is 0 Å². The van der Waals surface area contributed by atoms with Crippen LogP contribution in [0.5, 0.6) is 0 Å². The summed E-state index contributed by atoms with van der Waals surface area (Å²) in [7, 11) is 0. The average molecular weight is 213 g/mol. The predicted molar refractivity (Wildman–Crippen MR) is 55.8 cm³/mol. The van der Waals surface area contributed by atoms with Crippen molar-refractivity contribution in [3.63, 3.8) is 0 Å². The average Bonchev–Trinajstić information content (AvgIpc) is 2.87. The molecule has 0 aromatic heterocycles. The zero-order valence-electron chi connectivity index (χ0n) is 9.00. The largest absolute Gasteiger partial charge is 0.480 e. The van der Waals surface area contributed by atoms with E-state index in [2.05, 4.69) is 5.32 Å². The molecule has 2 N–H and O–H groups in total. The summed E-state index contributed by atoms with van der Waals surface area (Å²) in [6.45, 7) is 1.68. The molecule has 4 heteroatoms. The molecule has 2 rings (SSSR count). The third-order valence-corrected chi connectivity index (χ3v) is 3.57. The van der Waals surface area contributed by atoms with Crippen molar-refractivity contribution in [2.45, 2.75) is 50.2 Å². The second-order valence-corrected chi connectivity index (χ2v) is 4.59. The monoisotopic (exact) mass is 213 g/mol. The van der Waals surface area contributed by atoms with E-state index in [1.807, 2.05) is 0 Å². The number of carboxylic acids is 1. The lowest BCUT2D eigenvalue weighted by atomic mass is 9.90. The molecule has 2 atom stereocenters. The maximum absolute atomic E-state index is 11.2. The molecular formula is C11H19NO3. The first kappa shape index (κ1) is 10.9. The van der Waals surface area contributed by atoms with E-state index in [9.17, 15) is 9.90 Å². The van der Waals surface area contributed by atoms with Gasteiger partial charge in [-0.05, 0) is 45.1 Å². The fourth-order valence-corrected chi connectivity index (χ4v) is 2.59. The van der Waals surface area contributed by atoms with Crippen LogP contribution in [-0.4, -0.2) is 35.9 Å². The Bertz CT molecular complexity index is 230. The van der Waals surface area contributed by atoms with Gasteiger partial charge >= 0.3 is 5.97 Å². The molecule has 15 heavy (non-hydrogen) atoms. The Kier molecular flexibility index (Phi) is 3.26. The second kappa shape index (κ2) is 4.49. The fourth-order valence-electron chi connectivity index (χ4n) is 2.59. The third-order valence-electron chi connectivity index (χ3n) is 3.57. The van der Waals surface area contributed by atoms with Crippen molar-refractivity contribution in [3.05, 3.63) is 0 Å². The Morgan fingerprint density at radius 2 is 2.40 bits per heavy atom. The van der Waals surface area contributed by atoms with Gasteiger partial charge in [0.1, 0.15) is 5.54 Å². The van der Waals surface area contributed by atoms with Crippen molar-refractivity contribution >= 4 is 5.97 Å². The predicted octanol–water partition coefficient (Wildman–Crippen LogP) is 1.15. The van der Waals surface area contributed by atoms with Gasteiger partial charge in [0, 0.05) is 6.61 Å². The highest BCUT2D eigenvalue weighted by molar-refractivity contribution is 5.79. The van der Waals surface area contributed by atoms with E-state index in [4.69, 9.17) is 4.74 Å². The number of aliphatic carboxylic acids is 1. The van der Waals surface area contributed by atoms with E-state index in [0.29, 0.717) is 12.5 Å². The summed E-state index contributed by atoms with van der Waals surface area (Å²) in [5, 5.41) is 12.4. The van der Waals surface area contributed by atoms with E-state index in [1.54, 1.807) is 0 Å². The molecule has 0 amide bonds. The van der Waals surface area contributed by atoms with Crippen LogP contribution in [0.4, 0.5) is 0 Å². The van der Waals surface area contributed by atoms with Gasteiger partial charge in [0.2, 0.25) is 0 Å². The third kappa shape index (κ3) is 2.32. The van der Waals surface area contributed by atoms with Gasteiger partial charge in [0.15, 0.2) is 0 Å². The molecule has 0 aromatic carbocycles. The van der Waals surface area contributed by atoms with Crippen LogP contribution in [0, 0.1) is 0 Å². The molecule has 0 radical (unpaired) electrons. The number of carbonyl (C=O) groups is 1. The molecule has 0 bridgehead atoms. The number of hydrogen-bond acceptors (Lipinski definition) is 3. The normalized spacial score (nSPS) is 35.9. The molecule has 4 nitrogen and oxygen atoms in total. The molecule has 0 saturated carbocycles. The van der Waals surface area contributed by atoms with E-state index in [-0.39, 0.29) is 0 Å². The second-order valence-electron chi connectivity index (χ2n) is 4.59. The Morgan fingerprint density at radius 1 is 1.53 bits per heavy atom. The molecule has 2 heterocycles. The Morgan fingerprint density at radius 3 is 2.93 bits per heavy atom. The fraction of sp³-hybridized carbons (Fsp3) is 0.909. The molecule has 2 saturated heterocycles. The lowest BCUT2D eigenvalue weighted by Crippen LogP contribution is -2.47. The van der Waals surface area contributed by atoms with Crippen LogP contribution in [-0.2, 0) is 9.53 Å². The van der Waals surface area contributed by atoms with Gasteiger partial charge in [-0.2, -0.15) is 0 Å². The van der Waals surface area contributed by atoms with E-state index >= 15 is 0 Å². The molecule has 0 aromatic rings. The maximum Gasteiger partial charge on any atom is 0.323 e. The molecule has 2 fully saturated rings. The van der Waals surface area contributed by atoms with Gasteiger partial charge in [-0.1, -0.05) is 0 Å². The van der Waals surface area contributed by atoms with Crippen LogP contribution >= 0.6 is 0 Å². The zero-order valence-corrected chi connectivity index (χ0v) is 9.00. The molecule has 0 spiro atoms. The Hall–Kier alpha value is -0.610. The van der Waals surface area contributed by atoms with Crippen molar-refractivity contribution in [3.8, 4) is 0 Å². The first-order chi connectivity index (χ1) is 7.23. The maximum atomic E-state index is 11.2.